The van der Waals surface area contributed by atoms with Gasteiger partial charge in [-0.1, -0.05) is 17.8 Å². The summed E-state index contributed by atoms with van der Waals surface area (Å²) < 4.78 is 16.5. The van der Waals surface area contributed by atoms with Crippen molar-refractivity contribution in [1.29, 1.82) is 0 Å². The molecule has 1 saturated heterocycles. The van der Waals surface area contributed by atoms with Crippen LogP contribution in [0.1, 0.15) is 26.2 Å². The zero-order chi connectivity index (χ0) is 19.9. The first-order valence-corrected chi connectivity index (χ1v) is 10.2. The number of anilines is 1. The second-order valence-corrected chi connectivity index (χ2v) is 7.42. The maximum Gasteiger partial charge on any atom is 0.240 e. The first-order valence-electron chi connectivity index (χ1n) is 9.39. The number of likely N-dealkylation sites (tertiary alicyclic amines) is 1. The average molecular weight is 407 g/mol. The minimum Gasteiger partial charge on any atom is -0.493 e. The molecule has 0 aliphatic carbocycles. The largest absolute Gasteiger partial charge is 0.493 e. The monoisotopic (exact) mass is 406 g/mol. The third-order valence-corrected chi connectivity index (χ3v) is 5.37. The molecule has 0 bridgehead atoms. The molecule has 0 saturated carbocycles. The lowest BCUT2D eigenvalue weighted by atomic mass is 10.1. The number of aromatic nitrogens is 2. The fourth-order valence-electron chi connectivity index (χ4n) is 3.16. The van der Waals surface area contributed by atoms with E-state index in [0.717, 1.165) is 31.5 Å². The second kappa shape index (κ2) is 9.70. The fourth-order valence-corrected chi connectivity index (χ4v) is 3.91. The fraction of sp³-hybridized carbons (Fsp3) is 0.526. The minimum atomic E-state index is -0.0635. The van der Waals surface area contributed by atoms with Crippen LogP contribution in [0.15, 0.2) is 12.1 Å². The summed E-state index contributed by atoms with van der Waals surface area (Å²) in [6.07, 6.45) is 3.54. The van der Waals surface area contributed by atoms with E-state index < -0.39 is 0 Å². The quantitative estimate of drug-likeness (QED) is 0.721. The summed E-state index contributed by atoms with van der Waals surface area (Å²) in [6, 6.07) is 3.65. The Kier molecular flexibility index (Phi) is 7.05. The molecule has 1 aromatic heterocycles. The summed E-state index contributed by atoms with van der Waals surface area (Å²) in [4.78, 5) is 14.4. The Labute approximate surface area is 168 Å². The predicted octanol–water partition coefficient (Wildman–Crippen LogP) is 3.05. The van der Waals surface area contributed by atoms with Crippen LogP contribution in [0.4, 0.5) is 5.13 Å². The van der Waals surface area contributed by atoms with E-state index >= 15 is 0 Å². The zero-order valence-electron chi connectivity index (χ0n) is 16.5. The van der Waals surface area contributed by atoms with Crippen molar-refractivity contribution in [1.82, 2.24) is 15.1 Å². The molecular weight excluding hydrogens is 380 g/mol. The van der Waals surface area contributed by atoms with E-state index in [-0.39, 0.29) is 5.91 Å². The second-order valence-electron chi connectivity index (χ2n) is 6.44. The van der Waals surface area contributed by atoms with Gasteiger partial charge in [0.15, 0.2) is 11.5 Å². The van der Waals surface area contributed by atoms with Crippen LogP contribution in [-0.4, -0.2) is 61.5 Å². The number of rotatable bonds is 8. The van der Waals surface area contributed by atoms with Gasteiger partial charge in [0.2, 0.25) is 16.8 Å². The Morgan fingerprint density at radius 1 is 1.14 bits per heavy atom. The van der Waals surface area contributed by atoms with E-state index in [1.54, 1.807) is 14.2 Å². The molecule has 1 aromatic carbocycles. The molecule has 2 aromatic rings. The summed E-state index contributed by atoms with van der Waals surface area (Å²) in [7, 11) is 3.15. The average Bonchev–Trinajstić information content (AvgIpc) is 3.17. The molecule has 3 rings (SSSR count). The van der Waals surface area contributed by atoms with Gasteiger partial charge in [0.1, 0.15) is 5.01 Å². The SMILES string of the molecule is CCOc1c(OC)cc(-c2nnc(NC(=O)CN3CCCCC3)s2)cc1OC. The van der Waals surface area contributed by atoms with Crippen LogP contribution in [0.25, 0.3) is 10.6 Å². The van der Waals surface area contributed by atoms with Crippen LogP contribution in [-0.2, 0) is 4.79 Å². The number of carbonyl (C=O) groups is 1. The van der Waals surface area contributed by atoms with Crippen molar-refractivity contribution in [2.24, 2.45) is 0 Å². The number of piperidine rings is 1. The Morgan fingerprint density at radius 3 is 2.43 bits per heavy atom. The van der Waals surface area contributed by atoms with Gasteiger partial charge < -0.3 is 14.2 Å². The maximum atomic E-state index is 12.3. The number of methoxy groups -OCH3 is 2. The first kappa shape index (κ1) is 20.3. The molecule has 1 fully saturated rings. The van der Waals surface area contributed by atoms with Gasteiger partial charge in [0.05, 0.1) is 27.4 Å². The maximum absolute atomic E-state index is 12.3. The van der Waals surface area contributed by atoms with Crippen LogP contribution in [0.3, 0.4) is 0 Å². The lowest BCUT2D eigenvalue weighted by molar-refractivity contribution is -0.117. The molecule has 0 radical (unpaired) electrons. The third-order valence-electron chi connectivity index (χ3n) is 4.48. The van der Waals surface area contributed by atoms with Crippen molar-refractivity contribution >= 4 is 22.4 Å². The highest BCUT2D eigenvalue weighted by Crippen LogP contribution is 2.42. The first-order chi connectivity index (χ1) is 13.6. The third kappa shape index (κ3) is 4.90. The van der Waals surface area contributed by atoms with Crippen LogP contribution < -0.4 is 19.5 Å². The van der Waals surface area contributed by atoms with Gasteiger partial charge in [0.25, 0.3) is 0 Å². The molecule has 0 unspecified atom stereocenters. The number of hydrogen-bond acceptors (Lipinski definition) is 8. The van der Waals surface area contributed by atoms with Gasteiger partial charge in [0, 0.05) is 5.56 Å². The highest BCUT2D eigenvalue weighted by Gasteiger charge is 2.18. The van der Waals surface area contributed by atoms with E-state index in [4.69, 9.17) is 14.2 Å². The highest BCUT2D eigenvalue weighted by atomic mass is 32.1. The number of benzene rings is 1. The minimum absolute atomic E-state index is 0.0635. The Morgan fingerprint density at radius 2 is 1.82 bits per heavy atom. The standard InChI is InChI=1S/C19H26N4O4S/c1-4-27-17-14(25-2)10-13(11-15(17)26-3)18-21-22-19(28-18)20-16(24)12-23-8-6-5-7-9-23/h10-11H,4-9,12H2,1-3H3,(H,20,22,24). The lowest BCUT2D eigenvalue weighted by Gasteiger charge is -2.25. The molecule has 0 atom stereocenters. The van der Waals surface area contributed by atoms with E-state index in [2.05, 4.69) is 20.4 Å². The van der Waals surface area contributed by atoms with Gasteiger partial charge >= 0.3 is 0 Å². The van der Waals surface area contributed by atoms with Gasteiger partial charge in [-0.2, -0.15) is 0 Å². The van der Waals surface area contributed by atoms with Crippen LogP contribution in [0.5, 0.6) is 17.2 Å². The van der Waals surface area contributed by atoms with E-state index in [1.807, 2.05) is 19.1 Å². The van der Waals surface area contributed by atoms with Gasteiger partial charge in [-0.05, 0) is 45.0 Å². The van der Waals surface area contributed by atoms with Gasteiger partial charge in [-0.25, -0.2) is 0 Å². The topological polar surface area (TPSA) is 85.8 Å². The predicted molar refractivity (Wildman–Crippen MR) is 109 cm³/mol. The Balaban J connectivity index is 1.73. The Bertz CT molecular complexity index is 780. The summed E-state index contributed by atoms with van der Waals surface area (Å²) in [5.74, 6) is 1.60. The van der Waals surface area contributed by atoms with Gasteiger partial charge in [-0.3, -0.25) is 15.0 Å². The summed E-state index contributed by atoms with van der Waals surface area (Å²) in [6.45, 7) is 4.73. The van der Waals surface area contributed by atoms with Crippen molar-refractivity contribution in [3.8, 4) is 27.8 Å². The van der Waals surface area contributed by atoms with Crippen LogP contribution >= 0.6 is 11.3 Å². The molecule has 1 aliphatic heterocycles. The number of carbonyl (C=O) groups excluding carboxylic acids is 1. The van der Waals surface area contributed by atoms with E-state index in [0.29, 0.717) is 40.5 Å². The molecular formula is C19H26N4O4S. The molecule has 8 nitrogen and oxygen atoms in total. The molecule has 0 spiro atoms. The zero-order valence-corrected chi connectivity index (χ0v) is 17.3. The smallest absolute Gasteiger partial charge is 0.240 e. The summed E-state index contributed by atoms with van der Waals surface area (Å²) in [5.41, 5.74) is 0.784. The highest BCUT2D eigenvalue weighted by molar-refractivity contribution is 7.18. The van der Waals surface area contributed by atoms with E-state index in [1.165, 1.54) is 17.8 Å². The van der Waals surface area contributed by atoms with Crippen molar-refractivity contribution in [3.63, 3.8) is 0 Å². The summed E-state index contributed by atoms with van der Waals surface area (Å²) in [5, 5.41) is 12.3. The number of ether oxygens (including phenoxy) is 3. The lowest BCUT2D eigenvalue weighted by Crippen LogP contribution is -2.36. The summed E-state index contributed by atoms with van der Waals surface area (Å²) >= 11 is 1.31. The van der Waals surface area contributed by atoms with E-state index in [9.17, 15) is 4.79 Å². The normalized spacial score (nSPS) is 14.5. The van der Waals surface area contributed by atoms with Gasteiger partial charge in [-0.15, -0.1) is 10.2 Å². The molecule has 152 valence electrons. The number of nitrogens with one attached hydrogen (secondary N) is 1. The van der Waals surface area contributed by atoms with Crippen molar-refractivity contribution < 1.29 is 19.0 Å². The number of nitrogens with zero attached hydrogens (tertiary/aromatic N) is 3. The van der Waals surface area contributed by atoms with Crippen molar-refractivity contribution in [2.75, 3.05) is 45.8 Å². The molecule has 1 aliphatic rings. The molecule has 2 heterocycles. The number of amides is 1. The number of hydrogen-bond donors (Lipinski definition) is 1. The van der Waals surface area contributed by atoms with Crippen LogP contribution in [0, 0.1) is 0 Å². The van der Waals surface area contributed by atoms with Crippen LogP contribution in [0.2, 0.25) is 0 Å². The molecule has 1 N–H and O–H groups in total. The van der Waals surface area contributed by atoms with Crippen molar-refractivity contribution in [2.45, 2.75) is 26.2 Å². The Hall–Kier alpha value is -2.39. The molecule has 9 heteroatoms. The van der Waals surface area contributed by atoms with Crippen molar-refractivity contribution in [3.05, 3.63) is 12.1 Å². The molecule has 28 heavy (non-hydrogen) atoms. The molecule has 1 amide bonds.